The van der Waals surface area contributed by atoms with E-state index in [1.807, 2.05) is 31.2 Å². The lowest BCUT2D eigenvalue weighted by molar-refractivity contribution is -0.132. The minimum atomic E-state index is -0.915. The molecule has 1 saturated heterocycles. The lowest BCUT2D eigenvalue weighted by Crippen LogP contribution is -2.29. The highest BCUT2D eigenvalue weighted by Gasteiger charge is 2.47. The summed E-state index contributed by atoms with van der Waals surface area (Å²) >= 11 is 6.28. The number of hydrogen-bond acceptors (Lipinski definition) is 6. The third kappa shape index (κ3) is 5.52. The van der Waals surface area contributed by atoms with Crippen molar-refractivity contribution >= 4 is 34.7 Å². The predicted octanol–water partition coefficient (Wildman–Crippen LogP) is 7.07. The third-order valence-corrected chi connectivity index (χ3v) is 7.13. The number of carbonyl (C=O) groups is 2. The number of ether oxygens (including phenoxy) is 3. The Morgan fingerprint density at radius 3 is 2.25 bits per heavy atom. The fourth-order valence-electron chi connectivity index (χ4n) is 4.71. The number of halogens is 1. The van der Waals surface area contributed by atoms with Gasteiger partial charge in [0, 0.05) is 17.8 Å². The van der Waals surface area contributed by atoms with Gasteiger partial charge < -0.3 is 19.3 Å². The lowest BCUT2D eigenvalue weighted by atomic mass is 9.85. The van der Waals surface area contributed by atoms with Crippen molar-refractivity contribution in [3.05, 3.63) is 87.9 Å². The van der Waals surface area contributed by atoms with E-state index in [9.17, 15) is 14.7 Å². The number of ketones is 1. The van der Waals surface area contributed by atoms with Crippen molar-refractivity contribution in [1.82, 2.24) is 0 Å². The van der Waals surface area contributed by atoms with Gasteiger partial charge in [0.05, 0.1) is 43.0 Å². The molecule has 4 rings (SSSR count). The number of hydrogen-bond donors (Lipinski definition) is 1. The van der Waals surface area contributed by atoms with E-state index in [-0.39, 0.29) is 33.1 Å². The van der Waals surface area contributed by atoms with Gasteiger partial charge in [-0.15, -0.1) is 0 Å². The van der Waals surface area contributed by atoms with Gasteiger partial charge in [-0.25, -0.2) is 0 Å². The summed E-state index contributed by atoms with van der Waals surface area (Å²) in [5, 5.41) is 11.9. The fourth-order valence-corrected chi connectivity index (χ4v) is 4.94. The molecule has 0 radical (unpaired) electrons. The number of anilines is 1. The standard InChI is InChI=1S/C32H34ClNO6/c1-7-15-40-22-10-8-9-21(16-22)34-28(19-11-13-20(14-12-19)32(2,3)4)27(30(36)31(34)37)29(35)23-17-26(39-6)24(33)18-25(23)38-5/h8-14,16-18,28,35H,7,15H2,1-6H3/b29-27+. The second-order valence-corrected chi connectivity index (χ2v) is 11.0. The summed E-state index contributed by atoms with van der Waals surface area (Å²) in [5.41, 5.74) is 2.23. The highest BCUT2D eigenvalue weighted by Crippen LogP contribution is 2.45. The molecular formula is C32H34ClNO6. The molecule has 0 spiro atoms. The molecule has 1 aliphatic heterocycles. The van der Waals surface area contributed by atoms with E-state index in [0.29, 0.717) is 23.6 Å². The van der Waals surface area contributed by atoms with E-state index in [1.165, 1.54) is 31.3 Å². The quantitative estimate of drug-likeness (QED) is 0.179. The molecule has 1 amide bonds. The summed E-state index contributed by atoms with van der Waals surface area (Å²) in [7, 11) is 2.87. The summed E-state index contributed by atoms with van der Waals surface area (Å²) in [6.07, 6.45) is 0.821. The van der Waals surface area contributed by atoms with E-state index >= 15 is 0 Å². The largest absolute Gasteiger partial charge is 0.507 e. The van der Waals surface area contributed by atoms with Crippen LogP contribution in [0.3, 0.4) is 0 Å². The summed E-state index contributed by atoms with van der Waals surface area (Å²) in [6.45, 7) is 8.84. The first-order valence-corrected chi connectivity index (χ1v) is 13.5. The van der Waals surface area contributed by atoms with E-state index in [2.05, 4.69) is 20.8 Å². The smallest absolute Gasteiger partial charge is 0.300 e. The zero-order valence-corrected chi connectivity index (χ0v) is 24.3. The molecule has 40 heavy (non-hydrogen) atoms. The first-order chi connectivity index (χ1) is 19.0. The molecule has 1 fully saturated rings. The van der Waals surface area contributed by atoms with Crippen molar-refractivity contribution < 1.29 is 28.9 Å². The Bertz CT molecular complexity index is 1460. The van der Waals surface area contributed by atoms with Crippen LogP contribution in [0.4, 0.5) is 5.69 Å². The molecule has 3 aromatic carbocycles. The van der Waals surface area contributed by atoms with Gasteiger partial charge >= 0.3 is 0 Å². The van der Waals surface area contributed by atoms with Gasteiger partial charge in [0.25, 0.3) is 11.7 Å². The second kappa shape index (κ2) is 11.6. The second-order valence-electron chi connectivity index (χ2n) is 10.6. The van der Waals surface area contributed by atoms with Crippen LogP contribution in [-0.2, 0) is 15.0 Å². The monoisotopic (exact) mass is 563 g/mol. The lowest BCUT2D eigenvalue weighted by Gasteiger charge is -2.27. The summed E-state index contributed by atoms with van der Waals surface area (Å²) in [4.78, 5) is 28.7. The van der Waals surface area contributed by atoms with Gasteiger partial charge in [0.2, 0.25) is 0 Å². The molecule has 1 aliphatic rings. The van der Waals surface area contributed by atoms with Crippen LogP contribution in [-0.4, -0.2) is 37.6 Å². The molecule has 1 heterocycles. The van der Waals surface area contributed by atoms with E-state index in [4.69, 9.17) is 25.8 Å². The molecular weight excluding hydrogens is 530 g/mol. The summed E-state index contributed by atoms with van der Waals surface area (Å²) < 4.78 is 16.6. The number of nitrogens with zero attached hydrogens (tertiary/aromatic N) is 1. The molecule has 210 valence electrons. The Hall–Kier alpha value is -3.97. The third-order valence-electron chi connectivity index (χ3n) is 6.83. The summed E-state index contributed by atoms with van der Waals surface area (Å²) in [5.74, 6) is -0.892. The van der Waals surface area contributed by atoms with Gasteiger partial charge in [-0.2, -0.15) is 0 Å². The molecule has 1 unspecified atom stereocenters. The van der Waals surface area contributed by atoms with Gasteiger partial charge in [-0.3, -0.25) is 14.5 Å². The maximum atomic E-state index is 13.7. The average Bonchev–Trinajstić information content (AvgIpc) is 3.21. The normalized spacial score (nSPS) is 16.8. The van der Waals surface area contributed by atoms with Gasteiger partial charge in [-0.05, 0) is 41.2 Å². The predicted molar refractivity (Wildman–Crippen MR) is 157 cm³/mol. The maximum absolute atomic E-state index is 13.7. The maximum Gasteiger partial charge on any atom is 0.300 e. The number of benzene rings is 3. The van der Waals surface area contributed by atoms with Gasteiger partial charge in [-0.1, -0.05) is 69.6 Å². The first kappa shape index (κ1) is 29.0. The van der Waals surface area contributed by atoms with Crippen molar-refractivity contribution in [3.63, 3.8) is 0 Å². The van der Waals surface area contributed by atoms with Crippen LogP contribution in [0.15, 0.2) is 66.2 Å². The molecule has 8 heteroatoms. The Kier molecular flexibility index (Phi) is 8.45. The molecule has 3 aromatic rings. The minimum Gasteiger partial charge on any atom is -0.507 e. The van der Waals surface area contributed by atoms with Crippen molar-refractivity contribution in [2.75, 3.05) is 25.7 Å². The van der Waals surface area contributed by atoms with Crippen LogP contribution in [0.5, 0.6) is 17.2 Å². The van der Waals surface area contributed by atoms with Crippen LogP contribution in [0.2, 0.25) is 5.02 Å². The topological polar surface area (TPSA) is 85.3 Å². The highest BCUT2D eigenvalue weighted by atomic mass is 35.5. The number of methoxy groups -OCH3 is 2. The van der Waals surface area contributed by atoms with Crippen LogP contribution >= 0.6 is 11.6 Å². The minimum absolute atomic E-state index is 0.0731. The highest BCUT2D eigenvalue weighted by molar-refractivity contribution is 6.51. The van der Waals surface area contributed by atoms with E-state index in [0.717, 1.165) is 12.0 Å². The van der Waals surface area contributed by atoms with Crippen LogP contribution in [0, 0.1) is 0 Å². The molecule has 7 nitrogen and oxygen atoms in total. The molecule has 0 saturated carbocycles. The Morgan fingerprint density at radius 2 is 1.65 bits per heavy atom. The molecule has 0 bridgehead atoms. The first-order valence-electron chi connectivity index (χ1n) is 13.1. The van der Waals surface area contributed by atoms with Crippen molar-refractivity contribution in [2.45, 2.75) is 45.6 Å². The number of rotatable bonds is 8. The van der Waals surface area contributed by atoms with Crippen molar-refractivity contribution in [1.29, 1.82) is 0 Å². The average molecular weight is 564 g/mol. The van der Waals surface area contributed by atoms with Crippen LogP contribution in [0.25, 0.3) is 5.76 Å². The Labute approximate surface area is 239 Å². The Morgan fingerprint density at radius 1 is 0.975 bits per heavy atom. The van der Waals surface area contributed by atoms with E-state index in [1.54, 1.807) is 24.3 Å². The molecule has 0 aliphatic carbocycles. The molecule has 0 aromatic heterocycles. The number of aliphatic hydroxyl groups is 1. The van der Waals surface area contributed by atoms with Crippen molar-refractivity contribution in [2.24, 2.45) is 0 Å². The molecule has 1 N–H and O–H groups in total. The van der Waals surface area contributed by atoms with Gasteiger partial charge in [0.1, 0.15) is 23.0 Å². The number of carbonyl (C=O) groups excluding carboxylic acids is 2. The SMILES string of the molecule is CCCOc1cccc(N2C(=O)C(=O)/C(=C(/O)c3cc(OC)c(Cl)cc3OC)C2c2ccc(C(C)(C)C)cc2)c1. The fraction of sp³-hybridized carbons (Fsp3) is 0.312. The number of aliphatic hydroxyl groups excluding tert-OH is 1. The van der Waals surface area contributed by atoms with Crippen LogP contribution < -0.4 is 19.1 Å². The van der Waals surface area contributed by atoms with Crippen LogP contribution in [0.1, 0.15) is 56.8 Å². The summed E-state index contributed by atoms with van der Waals surface area (Å²) in [6, 6.07) is 16.8. The Balaban J connectivity index is 1.96. The number of Topliss-reactive ketones (excluding diaryl/α,β-unsaturated/α-hetero) is 1. The number of amides is 1. The molecule has 1 atom stereocenters. The van der Waals surface area contributed by atoms with Gasteiger partial charge in [0.15, 0.2) is 0 Å². The van der Waals surface area contributed by atoms with E-state index < -0.39 is 23.5 Å². The van der Waals surface area contributed by atoms with Crippen molar-refractivity contribution in [3.8, 4) is 17.2 Å². The zero-order chi connectivity index (χ0) is 29.2. The zero-order valence-electron chi connectivity index (χ0n) is 23.6.